The van der Waals surface area contributed by atoms with Gasteiger partial charge in [-0.15, -0.1) is 0 Å². The number of benzene rings is 2. The van der Waals surface area contributed by atoms with Crippen LogP contribution in [-0.4, -0.2) is 63.4 Å². The molecule has 3 aromatic rings. The fraction of sp³-hybridized carbons (Fsp3) is 0.364. The van der Waals surface area contributed by atoms with E-state index in [1.54, 1.807) is 19.3 Å². The fourth-order valence-electron chi connectivity index (χ4n) is 6.37. The smallest absolute Gasteiger partial charge is 0.325 e. The molecule has 5 rings (SSSR count). The minimum atomic E-state index is -1.15. The summed E-state index contributed by atoms with van der Waals surface area (Å²) < 4.78 is 1.36. The highest BCUT2D eigenvalue weighted by atomic mass is 32.1. The van der Waals surface area contributed by atoms with Gasteiger partial charge in [-0.3, -0.25) is 24.0 Å². The highest BCUT2D eigenvalue weighted by Gasteiger charge is 2.49. The van der Waals surface area contributed by atoms with Gasteiger partial charge >= 0.3 is 5.97 Å². The van der Waals surface area contributed by atoms with Crippen molar-refractivity contribution in [2.75, 3.05) is 13.1 Å². The number of aryl methyl sites for hydroxylation is 1. The average molecular weight is 619 g/mol. The third-order valence-electron chi connectivity index (χ3n) is 8.78. The third kappa shape index (κ3) is 6.14. The van der Waals surface area contributed by atoms with E-state index < -0.39 is 35.2 Å². The highest BCUT2D eigenvalue weighted by Crippen LogP contribution is 2.48. The molecule has 3 amide bonds. The van der Waals surface area contributed by atoms with Crippen LogP contribution in [0.3, 0.4) is 0 Å². The van der Waals surface area contributed by atoms with E-state index in [2.05, 4.69) is 10.6 Å². The fourth-order valence-corrected chi connectivity index (χ4v) is 6.37. The van der Waals surface area contributed by atoms with E-state index in [1.807, 2.05) is 59.5 Å². The summed E-state index contributed by atoms with van der Waals surface area (Å²) in [6.45, 7) is 2.34. The van der Waals surface area contributed by atoms with E-state index in [0.29, 0.717) is 44.3 Å². The van der Waals surface area contributed by atoms with Crippen molar-refractivity contribution in [2.24, 2.45) is 7.05 Å². The SMILES string of the molecule is C[C@@H](NC(=O)[C@@]1(c2ccccc2)CC[C@H](C(=O)N2CCC(NC(=O)c3cccn(C)c3=O)CC2)c2ccccc21)C(=O)O.S. The lowest BCUT2D eigenvalue weighted by atomic mass is 9.62. The molecule has 3 atom stereocenters. The van der Waals surface area contributed by atoms with Crippen molar-refractivity contribution < 1.29 is 24.3 Å². The van der Waals surface area contributed by atoms with Crippen LogP contribution in [0, 0.1) is 0 Å². The predicted molar refractivity (Wildman–Crippen MR) is 170 cm³/mol. The van der Waals surface area contributed by atoms with Gasteiger partial charge in [0, 0.05) is 32.4 Å². The van der Waals surface area contributed by atoms with Gasteiger partial charge in [-0.25, -0.2) is 0 Å². The molecule has 2 heterocycles. The van der Waals surface area contributed by atoms with Crippen LogP contribution in [0.25, 0.3) is 0 Å². The van der Waals surface area contributed by atoms with E-state index in [0.717, 1.165) is 11.1 Å². The summed E-state index contributed by atoms with van der Waals surface area (Å²) in [7, 11) is 1.60. The maximum absolute atomic E-state index is 13.9. The molecule has 232 valence electrons. The second-order valence-electron chi connectivity index (χ2n) is 11.4. The number of fused-ring (bicyclic) bond motifs is 1. The van der Waals surface area contributed by atoms with Crippen molar-refractivity contribution >= 4 is 37.2 Å². The quantitative estimate of drug-likeness (QED) is 0.372. The Balaban J connectivity index is 0.00000442. The van der Waals surface area contributed by atoms with Crippen LogP contribution in [-0.2, 0) is 26.8 Å². The Morgan fingerprint density at radius 2 is 1.59 bits per heavy atom. The summed E-state index contributed by atoms with van der Waals surface area (Å²) in [6.07, 6.45) is 3.46. The van der Waals surface area contributed by atoms with Gasteiger partial charge < -0.3 is 25.2 Å². The van der Waals surface area contributed by atoms with E-state index in [1.165, 1.54) is 17.6 Å². The number of likely N-dealkylation sites (tertiary alicyclic amines) is 1. The number of piperidine rings is 1. The number of carbonyl (C=O) groups is 4. The van der Waals surface area contributed by atoms with Gasteiger partial charge in [0.05, 0.1) is 11.3 Å². The number of hydrogen-bond acceptors (Lipinski definition) is 5. The number of nitrogens with zero attached hydrogens (tertiary/aromatic N) is 2. The number of carboxylic acid groups (broad SMARTS) is 1. The van der Waals surface area contributed by atoms with Crippen LogP contribution < -0.4 is 16.2 Å². The number of pyridine rings is 1. The molecule has 2 aliphatic rings. The van der Waals surface area contributed by atoms with Crippen molar-refractivity contribution in [2.45, 2.75) is 56.0 Å². The largest absolute Gasteiger partial charge is 0.480 e. The molecule has 11 heteroatoms. The van der Waals surface area contributed by atoms with Gasteiger partial charge in [0.2, 0.25) is 11.8 Å². The molecule has 0 saturated carbocycles. The predicted octanol–water partition coefficient (Wildman–Crippen LogP) is 2.67. The maximum Gasteiger partial charge on any atom is 0.325 e. The van der Waals surface area contributed by atoms with E-state index in [4.69, 9.17) is 0 Å². The summed E-state index contributed by atoms with van der Waals surface area (Å²) in [4.78, 5) is 66.4. The van der Waals surface area contributed by atoms with Crippen molar-refractivity contribution in [3.8, 4) is 0 Å². The van der Waals surface area contributed by atoms with Crippen LogP contribution in [0.15, 0.2) is 77.7 Å². The summed E-state index contributed by atoms with van der Waals surface area (Å²) in [5, 5.41) is 15.1. The van der Waals surface area contributed by atoms with Gasteiger partial charge in [0.25, 0.3) is 11.5 Å². The Kier molecular flexibility index (Phi) is 9.98. The van der Waals surface area contributed by atoms with Gasteiger partial charge in [-0.2, -0.15) is 13.5 Å². The van der Waals surface area contributed by atoms with Crippen molar-refractivity contribution in [3.05, 3.63) is 106 Å². The number of carboxylic acids is 1. The zero-order chi connectivity index (χ0) is 30.7. The van der Waals surface area contributed by atoms with Crippen molar-refractivity contribution in [1.29, 1.82) is 0 Å². The zero-order valence-electron chi connectivity index (χ0n) is 24.8. The molecule has 0 bridgehead atoms. The first-order valence-electron chi connectivity index (χ1n) is 14.6. The third-order valence-corrected chi connectivity index (χ3v) is 8.78. The number of carbonyl (C=O) groups excluding carboxylic acids is 3. The Morgan fingerprint density at radius 3 is 2.27 bits per heavy atom. The second-order valence-corrected chi connectivity index (χ2v) is 11.4. The number of nitrogens with one attached hydrogen (secondary N) is 2. The number of hydrogen-bond donors (Lipinski definition) is 3. The Hall–Kier alpha value is -4.38. The molecular weight excluding hydrogens is 580 g/mol. The molecule has 3 N–H and O–H groups in total. The lowest BCUT2D eigenvalue weighted by molar-refractivity contribution is -0.142. The highest BCUT2D eigenvalue weighted by molar-refractivity contribution is 7.59. The molecule has 0 spiro atoms. The van der Waals surface area contributed by atoms with Crippen LogP contribution in [0.2, 0.25) is 0 Å². The first kappa shape index (κ1) is 32.5. The monoisotopic (exact) mass is 618 g/mol. The summed E-state index contributed by atoms with van der Waals surface area (Å²) >= 11 is 0. The first-order valence-corrected chi connectivity index (χ1v) is 14.6. The summed E-state index contributed by atoms with van der Waals surface area (Å²) in [5.74, 6) is -2.44. The molecule has 0 radical (unpaired) electrons. The molecule has 1 saturated heterocycles. The standard InChI is InChI=1S/C33H36N4O6.H2S/c1-21(31(41)42)34-32(43)33(22-9-4-3-5-10-22)17-14-25(24-11-6-7-13-27(24)33)30(40)37-19-15-23(16-20-37)35-28(38)26-12-8-18-36(2)29(26)39;/h3-13,18,21,23,25H,14-17,19-20H2,1-2H3,(H,34,43)(H,35,38)(H,41,42);1H2/t21-,25+,33-;/m1./s1. The average Bonchev–Trinajstić information content (AvgIpc) is 3.02. The Bertz CT molecular complexity index is 1600. The Morgan fingerprint density at radius 1 is 0.932 bits per heavy atom. The van der Waals surface area contributed by atoms with Crippen molar-refractivity contribution in [1.82, 2.24) is 20.1 Å². The van der Waals surface area contributed by atoms with E-state index in [-0.39, 0.29) is 36.6 Å². The minimum absolute atomic E-state index is 0. The summed E-state index contributed by atoms with van der Waals surface area (Å²) in [5.41, 5.74) is 0.786. The summed E-state index contributed by atoms with van der Waals surface area (Å²) in [6, 6.07) is 18.7. The van der Waals surface area contributed by atoms with Crippen molar-refractivity contribution in [3.63, 3.8) is 0 Å². The molecule has 10 nitrogen and oxygen atoms in total. The van der Waals surface area contributed by atoms with Crippen LogP contribution in [0.1, 0.15) is 65.6 Å². The lowest BCUT2D eigenvalue weighted by Crippen LogP contribution is -2.53. The second kappa shape index (κ2) is 13.5. The number of amides is 3. The molecule has 2 aromatic carbocycles. The maximum atomic E-state index is 13.9. The molecule has 44 heavy (non-hydrogen) atoms. The zero-order valence-corrected chi connectivity index (χ0v) is 25.8. The first-order chi connectivity index (χ1) is 20.6. The number of rotatable bonds is 7. The van der Waals surface area contributed by atoms with E-state index in [9.17, 15) is 29.1 Å². The van der Waals surface area contributed by atoms with Gasteiger partial charge in [0.1, 0.15) is 11.6 Å². The topological polar surface area (TPSA) is 138 Å². The molecule has 0 unspecified atom stereocenters. The Labute approximate surface area is 262 Å². The van der Waals surface area contributed by atoms with E-state index >= 15 is 0 Å². The van der Waals surface area contributed by atoms with Gasteiger partial charge in [-0.1, -0.05) is 54.6 Å². The lowest BCUT2D eigenvalue weighted by Gasteiger charge is -2.43. The van der Waals surface area contributed by atoms with Crippen LogP contribution in [0.4, 0.5) is 0 Å². The minimum Gasteiger partial charge on any atom is -0.480 e. The normalized spacial score (nSPS) is 20.4. The number of aromatic nitrogens is 1. The van der Waals surface area contributed by atoms with Crippen LogP contribution >= 0.6 is 13.5 Å². The van der Waals surface area contributed by atoms with Gasteiger partial charge in [-0.05, 0) is 61.4 Å². The molecular formula is C33H38N4O6S. The number of aliphatic carboxylic acids is 1. The molecule has 1 aliphatic carbocycles. The van der Waals surface area contributed by atoms with Crippen LogP contribution in [0.5, 0.6) is 0 Å². The molecule has 1 aliphatic heterocycles. The molecule has 1 aromatic heterocycles. The molecule has 1 fully saturated rings. The van der Waals surface area contributed by atoms with Gasteiger partial charge in [0.15, 0.2) is 0 Å².